The van der Waals surface area contributed by atoms with Crippen molar-refractivity contribution in [1.29, 1.82) is 0 Å². The molecule has 2 aromatic carbocycles. The molecule has 152 valence electrons. The molecule has 0 radical (unpaired) electrons. The second-order valence-corrected chi connectivity index (χ2v) is 8.14. The third-order valence-corrected chi connectivity index (χ3v) is 5.45. The lowest BCUT2D eigenvalue weighted by Crippen LogP contribution is -2.19. The Labute approximate surface area is 174 Å². The lowest BCUT2D eigenvalue weighted by Gasteiger charge is -2.11. The first-order valence-corrected chi connectivity index (χ1v) is 10.6. The van der Waals surface area contributed by atoms with E-state index in [1.807, 2.05) is 24.3 Å². The van der Waals surface area contributed by atoms with Gasteiger partial charge in [0.05, 0.1) is 25.6 Å². The largest absolute Gasteiger partial charge is 0.497 e. The number of sulfonamides is 1. The molecule has 2 N–H and O–H groups in total. The van der Waals surface area contributed by atoms with Crippen LogP contribution in [0, 0.1) is 0 Å². The van der Waals surface area contributed by atoms with Gasteiger partial charge >= 0.3 is 0 Å². The van der Waals surface area contributed by atoms with Crippen molar-refractivity contribution >= 4 is 21.6 Å². The molecule has 3 aromatic rings. The van der Waals surface area contributed by atoms with E-state index in [2.05, 4.69) is 9.97 Å². The van der Waals surface area contributed by atoms with E-state index in [1.54, 1.807) is 38.5 Å². The second-order valence-electron chi connectivity index (χ2n) is 6.31. The van der Waals surface area contributed by atoms with Gasteiger partial charge in [0.2, 0.25) is 0 Å². The first kappa shape index (κ1) is 21.0. The maximum absolute atomic E-state index is 12.1. The van der Waals surface area contributed by atoms with Gasteiger partial charge in [-0.3, -0.25) is 0 Å². The van der Waals surface area contributed by atoms with E-state index in [9.17, 15) is 8.42 Å². The second kappa shape index (κ2) is 8.77. The molecule has 0 saturated carbocycles. The summed E-state index contributed by atoms with van der Waals surface area (Å²) in [5.74, 6) is 1.41. The Kier molecular flexibility index (Phi) is 6.36. The number of methoxy groups -OCH3 is 2. The minimum atomic E-state index is -4.09. The van der Waals surface area contributed by atoms with E-state index < -0.39 is 10.0 Å². The van der Waals surface area contributed by atoms with Crippen LogP contribution in [0.4, 0.5) is 0 Å². The number of hydrogen-bond donors (Lipinski definition) is 1. The molecule has 0 saturated heterocycles. The molecule has 7 nitrogen and oxygen atoms in total. The van der Waals surface area contributed by atoms with Gasteiger partial charge < -0.3 is 9.47 Å². The van der Waals surface area contributed by atoms with Crippen molar-refractivity contribution in [3.8, 4) is 11.5 Å². The van der Waals surface area contributed by atoms with E-state index in [1.165, 1.54) is 0 Å². The molecule has 29 heavy (non-hydrogen) atoms. The summed E-state index contributed by atoms with van der Waals surface area (Å²) in [5.41, 5.74) is 2.23. The molecule has 0 aliphatic heterocycles. The van der Waals surface area contributed by atoms with Gasteiger partial charge in [0.15, 0.2) is 10.2 Å². The van der Waals surface area contributed by atoms with E-state index in [4.69, 9.17) is 26.2 Å². The fourth-order valence-electron chi connectivity index (χ4n) is 2.79. The maximum atomic E-state index is 12.1. The van der Waals surface area contributed by atoms with E-state index in [-0.39, 0.29) is 22.3 Å². The van der Waals surface area contributed by atoms with Crippen molar-refractivity contribution < 1.29 is 17.9 Å². The topological polar surface area (TPSA) is 104 Å². The van der Waals surface area contributed by atoms with Gasteiger partial charge in [0.1, 0.15) is 11.5 Å². The molecule has 0 aliphatic carbocycles. The van der Waals surface area contributed by atoms with Crippen LogP contribution in [0.1, 0.15) is 22.5 Å². The summed E-state index contributed by atoms with van der Waals surface area (Å²) in [6.45, 7) is 0. The predicted octanol–water partition coefficient (Wildman–Crippen LogP) is 2.98. The number of benzene rings is 2. The van der Waals surface area contributed by atoms with Gasteiger partial charge in [-0.1, -0.05) is 35.9 Å². The lowest BCUT2D eigenvalue weighted by atomic mass is 10.1. The Balaban J connectivity index is 1.95. The molecular weight excluding hydrogens is 414 g/mol. The average Bonchev–Trinajstić information content (AvgIpc) is 2.70. The van der Waals surface area contributed by atoms with Crippen LogP contribution in [0.5, 0.6) is 11.5 Å². The van der Waals surface area contributed by atoms with Crippen molar-refractivity contribution in [3.63, 3.8) is 0 Å². The van der Waals surface area contributed by atoms with Crippen molar-refractivity contribution in [2.45, 2.75) is 17.9 Å². The Morgan fingerprint density at radius 2 is 1.28 bits per heavy atom. The summed E-state index contributed by atoms with van der Waals surface area (Å²) in [6, 6.07) is 14.5. The number of nitrogens with two attached hydrogens (primary N) is 1. The number of aromatic nitrogens is 2. The predicted molar refractivity (Wildman–Crippen MR) is 110 cm³/mol. The number of primary sulfonamides is 1. The molecule has 3 rings (SSSR count). The van der Waals surface area contributed by atoms with Gasteiger partial charge in [-0.15, -0.1) is 0 Å². The van der Waals surface area contributed by atoms with Crippen molar-refractivity contribution in [1.82, 2.24) is 9.97 Å². The van der Waals surface area contributed by atoms with Crippen molar-refractivity contribution in [3.05, 3.63) is 76.2 Å². The smallest absolute Gasteiger partial charge is 0.257 e. The highest BCUT2D eigenvalue weighted by Gasteiger charge is 2.21. The van der Waals surface area contributed by atoms with E-state index >= 15 is 0 Å². The number of ether oxygens (including phenoxy) is 2. The first-order valence-electron chi connectivity index (χ1n) is 8.64. The molecule has 0 spiro atoms. The minimum absolute atomic E-state index is 0.136. The number of nitrogens with zero attached hydrogens (tertiary/aromatic N) is 2. The lowest BCUT2D eigenvalue weighted by molar-refractivity contribution is 0.414. The third-order valence-electron chi connectivity index (χ3n) is 4.29. The van der Waals surface area contributed by atoms with Gasteiger partial charge in [-0.25, -0.2) is 23.5 Å². The Morgan fingerprint density at radius 1 is 0.828 bits per heavy atom. The van der Waals surface area contributed by atoms with Crippen LogP contribution in [0.25, 0.3) is 0 Å². The fourth-order valence-corrected chi connectivity index (χ4v) is 3.69. The molecule has 1 heterocycles. The summed E-state index contributed by atoms with van der Waals surface area (Å²) in [7, 11) is -0.935. The van der Waals surface area contributed by atoms with Gasteiger partial charge in [-0.2, -0.15) is 0 Å². The number of hydrogen-bond acceptors (Lipinski definition) is 6. The number of rotatable bonds is 7. The monoisotopic (exact) mass is 433 g/mol. The molecule has 0 amide bonds. The summed E-state index contributed by atoms with van der Waals surface area (Å²) < 4.78 is 34.5. The van der Waals surface area contributed by atoms with Gasteiger partial charge in [-0.05, 0) is 35.4 Å². The standard InChI is InChI=1S/C20H20ClN3O4S/c1-27-15-7-3-13(4-8-15)11-17-19(21)23-18(20(24-17)29(22,25)26)12-14-5-9-16(28-2)10-6-14/h3-10H,11-12H2,1-2H3,(H2,22,25,26). The quantitative estimate of drug-likeness (QED) is 0.614. The van der Waals surface area contributed by atoms with Crippen molar-refractivity contribution in [2.75, 3.05) is 14.2 Å². The summed E-state index contributed by atoms with van der Waals surface area (Å²) in [4.78, 5) is 8.54. The van der Waals surface area contributed by atoms with E-state index in [0.29, 0.717) is 23.6 Å². The fraction of sp³-hybridized carbons (Fsp3) is 0.200. The van der Waals surface area contributed by atoms with Crippen LogP contribution in [0.3, 0.4) is 0 Å². The molecule has 9 heteroatoms. The van der Waals surface area contributed by atoms with Gasteiger partial charge in [0.25, 0.3) is 10.0 Å². The summed E-state index contributed by atoms with van der Waals surface area (Å²) in [5, 5.41) is 5.26. The van der Waals surface area contributed by atoms with Crippen molar-refractivity contribution in [2.24, 2.45) is 5.14 Å². The van der Waals surface area contributed by atoms with Crippen LogP contribution in [0.2, 0.25) is 5.15 Å². The SMILES string of the molecule is COc1ccc(Cc2nc(S(N)(=O)=O)c(Cc3ccc(OC)cc3)nc2Cl)cc1. The molecule has 0 aliphatic rings. The Morgan fingerprint density at radius 3 is 1.69 bits per heavy atom. The highest BCUT2D eigenvalue weighted by molar-refractivity contribution is 7.89. The van der Waals surface area contributed by atoms with Crippen LogP contribution in [0.15, 0.2) is 53.6 Å². The summed E-state index contributed by atoms with van der Waals surface area (Å²) >= 11 is 6.32. The van der Waals surface area contributed by atoms with Crippen LogP contribution in [-0.4, -0.2) is 32.6 Å². The molecular formula is C20H20ClN3O4S. The summed E-state index contributed by atoms with van der Waals surface area (Å²) in [6.07, 6.45) is 0.520. The maximum Gasteiger partial charge on any atom is 0.257 e. The third kappa shape index (κ3) is 5.23. The average molecular weight is 434 g/mol. The zero-order valence-corrected chi connectivity index (χ0v) is 17.5. The minimum Gasteiger partial charge on any atom is -0.497 e. The first-order chi connectivity index (χ1) is 13.8. The van der Waals surface area contributed by atoms with Crippen LogP contribution < -0.4 is 14.6 Å². The van der Waals surface area contributed by atoms with Crippen LogP contribution in [-0.2, 0) is 22.9 Å². The molecule has 0 bridgehead atoms. The molecule has 0 fully saturated rings. The Bertz CT molecular complexity index is 1100. The zero-order valence-electron chi connectivity index (χ0n) is 15.9. The molecule has 0 atom stereocenters. The number of halogens is 1. The highest BCUT2D eigenvalue weighted by Crippen LogP contribution is 2.23. The molecule has 1 aromatic heterocycles. The zero-order chi connectivity index (χ0) is 21.0. The van der Waals surface area contributed by atoms with E-state index in [0.717, 1.165) is 11.1 Å². The Hall–Kier alpha value is -2.68. The normalized spacial score (nSPS) is 11.3. The molecule has 0 unspecified atom stereocenters. The van der Waals surface area contributed by atoms with Gasteiger partial charge in [0, 0.05) is 12.8 Å². The highest BCUT2D eigenvalue weighted by atomic mass is 35.5. The van der Waals surface area contributed by atoms with Crippen LogP contribution >= 0.6 is 11.6 Å².